The van der Waals surface area contributed by atoms with Gasteiger partial charge in [-0.1, -0.05) is 38.1 Å². The molecule has 0 atom stereocenters. The van der Waals surface area contributed by atoms with Crippen molar-refractivity contribution in [1.82, 2.24) is 24.5 Å². The highest BCUT2D eigenvalue weighted by Gasteiger charge is 2.15. The Morgan fingerprint density at radius 1 is 1.07 bits per heavy atom. The van der Waals surface area contributed by atoms with E-state index in [0.29, 0.717) is 41.8 Å². The summed E-state index contributed by atoms with van der Waals surface area (Å²) in [5.41, 5.74) is 1.24. The van der Waals surface area contributed by atoms with Crippen molar-refractivity contribution in [3.63, 3.8) is 0 Å². The minimum Gasteiger partial charge on any atom is -0.352 e. The normalized spacial score (nSPS) is 11.4. The summed E-state index contributed by atoms with van der Waals surface area (Å²) >= 11 is 0. The van der Waals surface area contributed by atoms with Crippen LogP contribution in [0.5, 0.6) is 0 Å². The second-order valence-electron chi connectivity index (χ2n) is 7.82. The van der Waals surface area contributed by atoms with Crippen LogP contribution in [0.15, 0.2) is 59.7 Å². The molecular weight excluding hydrogens is 378 g/mol. The van der Waals surface area contributed by atoms with Crippen molar-refractivity contribution in [2.24, 2.45) is 5.92 Å². The standard InChI is InChI=1S/C23H25N5O2/c1-16(2)11-14-27-15-19(17-7-3-4-8-18(17)23(27)30)22(29)24-12-10-21-26-25-20-9-5-6-13-28(20)21/h3-9,13,15-16H,10-12,14H2,1-2H3,(H,24,29). The quantitative estimate of drug-likeness (QED) is 0.514. The molecule has 154 valence electrons. The molecule has 1 amide bonds. The third-order valence-electron chi connectivity index (χ3n) is 5.20. The van der Waals surface area contributed by atoms with Gasteiger partial charge < -0.3 is 9.88 Å². The third-order valence-corrected chi connectivity index (χ3v) is 5.20. The van der Waals surface area contributed by atoms with Gasteiger partial charge in [-0.15, -0.1) is 10.2 Å². The van der Waals surface area contributed by atoms with Crippen molar-refractivity contribution in [1.29, 1.82) is 0 Å². The maximum Gasteiger partial charge on any atom is 0.258 e. The minimum absolute atomic E-state index is 0.0577. The molecule has 3 heterocycles. The summed E-state index contributed by atoms with van der Waals surface area (Å²) in [6, 6.07) is 13.0. The van der Waals surface area contributed by atoms with Gasteiger partial charge in [0.2, 0.25) is 0 Å². The molecule has 1 N–H and O–H groups in total. The predicted molar refractivity (Wildman–Crippen MR) is 117 cm³/mol. The Morgan fingerprint density at radius 2 is 1.83 bits per heavy atom. The first-order valence-electron chi connectivity index (χ1n) is 10.2. The Balaban J connectivity index is 1.56. The SMILES string of the molecule is CC(C)CCn1cc(C(=O)NCCc2nnc3ccccn23)c2ccccc2c1=O. The van der Waals surface area contributed by atoms with Crippen molar-refractivity contribution < 1.29 is 4.79 Å². The summed E-state index contributed by atoms with van der Waals surface area (Å²) in [6.45, 7) is 5.25. The van der Waals surface area contributed by atoms with Gasteiger partial charge in [0, 0.05) is 42.7 Å². The number of hydrogen-bond donors (Lipinski definition) is 1. The Hall–Kier alpha value is -3.48. The molecule has 0 aliphatic rings. The highest BCUT2D eigenvalue weighted by Crippen LogP contribution is 2.16. The number of nitrogens with one attached hydrogen (secondary N) is 1. The number of carbonyl (C=O) groups is 1. The van der Waals surface area contributed by atoms with Gasteiger partial charge in [-0.25, -0.2) is 0 Å². The van der Waals surface area contributed by atoms with E-state index in [-0.39, 0.29) is 11.5 Å². The van der Waals surface area contributed by atoms with Crippen LogP contribution in [-0.2, 0) is 13.0 Å². The van der Waals surface area contributed by atoms with Crippen molar-refractivity contribution in [2.45, 2.75) is 33.2 Å². The first-order chi connectivity index (χ1) is 14.5. The predicted octanol–water partition coefficient (Wildman–Crippen LogP) is 3.06. The molecule has 0 spiro atoms. The molecule has 7 nitrogen and oxygen atoms in total. The maximum atomic E-state index is 13.0. The largest absolute Gasteiger partial charge is 0.352 e. The molecule has 4 rings (SSSR count). The number of aromatic nitrogens is 4. The van der Waals surface area contributed by atoms with Crippen LogP contribution in [0.3, 0.4) is 0 Å². The first kappa shape index (κ1) is 19.8. The minimum atomic E-state index is -0.196. The Bertz CT molecular complexity index is 1260. The fourth-order valence-corrected chi connectivity index (χ4v) is 3.53. The molecule has 0 bridgehead atoms. The molecule has 0 aliphatic heterocycles. The smallest absolute Gasteiger partial charge is 0.258 e. The van der Waals surface area contributed by atoms with E-state index in [1.54, 1.807) is 16.8 Å². The van der Waals surface area contributed by atoms with Crippen LogP contribution in [0, 0.1) is 5.92 Å². The molecule has 7 heteroatoms. The number of rotatable bonds is 7. The van der Waals surface area contributed by atoms with Crippen LogP contribution in [0.4, 0.5) is 0 Å². The highest BCUT2D eigenvalue weighted by atomic mass is 16.2. The molecule has 1 aromatic carbocycles. The van der Waals surface area contributed by atoms with E-state index in [9.17, 15) is 9.59 Å². The Labute approximate surface area is 174 Å². The second kappa shape index (κ2) is 8.49. The molecule has 0 fully saturated rings. The van der Waals surface area contributed by atoms with E-state index in [1.807, 2.05) is 47.0 Å². The zero-order chi connectivity index (χ0) is 21.1. The van der Waals surface area contributed by atoms with Crippen LogP contribution in [0.2, 0.25) is 0 Å². The lowest BCUT2D eigenvalue weighted by Gasteiger charge is -2.13. The lowest BCUT2D eigenvalue weighted by molar-refractivity contribution is 0.0955. The van der Waals surface area contributed by atoms with E-state index < -0.39 is 0 Å². The molecule has 0 radical (unpaired) electrons. The van der Waals surface area contributed by atoms with Crippen LogP contribution in [0.1, 0.15) is 36.5 Å². The van der Waals surface area contributed by atoms with Gasteiger partial charge in [-0.3, -0.25) is 14.0 Å². The molecule has 30 heavy (non-hydrogen) atoms. The highest BCUT2D eigenvalue weighted by molar-refractivity contribution is 6.06. The van der Waals surface area contributed by atoms with Gasteiger partial charge in [0.05, 0.1) is 5.56 Å². The average molecular weight is 403 g/mol. The zero-order valence-electron chi connectivity index (χ0n) is 17.2. The van der Waals surface area contributed by atoms with Crippen LogP contribution < -0.4 is 10.9 Å². The number of benzene rings is 1. The van der Waals surface area contributed by atoms with Crippen molar-refractivity contribution in [3.05, 3.63) is 76.6 Å². The van der Waals surface area contributed by atoms with Gasteiger partial charge >= 0.3 is 0 Å². The zero-order valence-corrected chi connectivity index (χ0v) is 17.2. The Morgan fingerprint density at radius 3 is 2.63 bits per heavy atom. The molecule has 0 saturated heterocycles. The van der Waals surface area contributed by atoms with Gasteiger partial charge in [0.25, 0.3) is 11.5 Å². The number of amides is 1. The topological polar surface area (TPSA) is 81.3 Å². The lowest BCUT2D eigenvalue weighted by Crippen LogP contribution is -2.29. The summed E-state index contributed by atoms with van der Waals surface area (Å²) < 4.78 is 3.57. The van der Waals surface area contributed by atoms with Crippen LogP contribution in [-0.4, -0.2) is 31.6 Å². The summed E-state index contributed by atoms with van der Waals surface area (Å²) in [6.07, 6.45) is 5.03. The van der Waals surface area contributed by atoms with E-state index in [4.69, 9.17) is 0 Å². The van der Waals surface area contributed by atoms with Crippen molar-refractivity contribution in [2.75, 3.05) is 6.54 Å². The molecule has 3 aromatic heterocycles. The fourth-order valence-electron chi connectivity index (χ4n) is 3.53. The molecule has 0 unspecified atom stereocenters. The number of pyridine rings is 2. The van der Waals surface area contributed by atoms with Crippen molar-refractivity contribution in [3.8, 4) is 0 Å². The maximum absolute atomic E-state index is 13.0. The lowest BCUT2D eigenvalue weighted by atomic mass is 10.1. The van der Waals surface area contributed by atoms with Gasteiger partial charge in [-0.2, -0.15) is 0 Å². The van der Waals surface area contributed by atoms with Gasteiger partial charge in [-0.05, 0) is 30.5 Å². The molecule has 4 aromatic rings. The third kappa shape index (κ3) is 3.96. The molecular formula is C23H25N5O2. The number of nitrogens with zero attached hydrogens (tertiary/aromatic N) is 4. The summed E-state index contributed by atoms with van der Waals surface area (Å²) in [4.78, 5) is 25.8. The molecule has 0 aliphatic carbocycles. The van der Waals surface area contributed by atoms with E-state index in [0.717, 1.165) is 17.9 Å². The summed E-state index contributed by atoms with van der Waals surface area (Å²) in [7, 11) is 0. The van der Waals surface area contributed by atoms with E-state index in [1.165, 1.54) is 0 Å². The van der Waals surface area contributed by atoms with E-state index >= 15 is 0 Å². The fraction of sp³-hybridized carbons (Fsp3) is 0.304. The average Bonchev–Trinajstić information content (AvgIpc) is 3.16. The number of carbonyl (C=O) groups excluding carboxylic acids is 1. The second-order valence-corrected chi connectivity index (χ2v) is 7.82. The van der Waals surface area contributed by atoms with Crippen LogP contribution in [0.25, 0.3) is 16.4 Å². The number of aryl methyl sites for hydroxylation is 1. The monoisotopic (exact) mass is 403 g/mol. The molecule has 0 saturated carbocycles. The number of hydrogen-bond acceptors (Lipinski definition) is 4. The summed E-state index contributed by atoms with van der Waals surface area (Å²) in [5.74, 6) is 1.06. The first-order valence-corrected chi connectivity index (χ1v) is 10.2. The van der Waals surface area contributed by atoms with Crippen LogP contribution >= 0.6 is 0 Å². The van der Waals surface area contributed by atoms with Crippen molar-refractivity contribution >= 4 is 22.3 Å². The number of fused-ring (bicyclic) bond motifs is 2. The summed E-state index contributed by atoms with van der Waals surface area (Å²) in [5, 5.41) is 12.5. The van der Waals surface area contributed by atoms with Gasteiger partial charge in [0.15, 0.2) is 5.65 Å². The van der Waals surface area contributed by atoms with Gasteiger partial charge in [0.1, 0.15) is 5.82 Å². The Kier molecular flexibility index (Phi) is 5.61. The van der Waals surface area contributed by atoms with E-state index in [2.05, 4.69) is 29.4 Å².